The van der Waals surface area contributed by atoms with Gasteiger partial charge in [-0.2, -0.15) is 4.98 Å². The van der Waals surface area contributed by atoms with Crippen LogP contribution in [0.15, 0.2) is 85.2 Å². The van der Waals surface area contributed by atoms with E-state index >= 15 is 0 Å². The predicted molar refractivity (Wildman–Crippen MR) is 119 cm³/mol. The summed E-state index contributed by atoms with van der Waals surface area (Å²) >= 11 is 0. The normalized spacial score (nSPS) is 10.4. The van der Waals surface area contributed by atoms with Gasteiger partial charge in [0.25, 0.3) is 0 Å². The summed E-state index contributed by atoms with van der Waals surface area (Å²) in [5.74, 6) is 2.97. The van der Waals surface area contributed by atoms with E-state index in [9.17, 15) is 0 Å². The number of aryl methyl sites for hydroxylation is 1. The molecule has 0 saturated heterocycles. The maximum Gasteiger partial charge on any atom is 0.248 e. The molecule has 0 amide bonds. The van der Waals surface area contributed by atoms with Crippen LogP contribution in [0.1, 0.15) is 12.5 Å². The van der Waals surface area contributed by atoms with Gasteiger partial charge in [0, 0.05) is 5.69 Å². The van der Waals surface area contributed by atoms with Crippen molar-refractivity contribution < 1.29 is 9.47 Å². The average Bonchev–Trinajstić information content (AvgIpc) is 2.79. The smallest absolute Gasteiger partial charge is 0.248 e. The number of anilines is 3. The number of rotatable bonds is 7. The first kappa shape index (κ1) is 19.3. The Hall–Kier alpha value is -4.06. The highest BCUT2D eigenvalue weighted by Gasteiger charge is 2.11. The van der Waals surface area contributed by atoms with Crippen LogP contribution in [-0.4, -0.2) is 9.97 Å². The van der Waals surface area contributed by atoms with E-state index in [0.717, 1.165) is 23.6 Å². The molecule has 0 saturated carbocycles. The summed E-state index contributed by atoms with van der Waals surface area (Å²) in [6.07, 6.45) is 2.39. The lowest BCUT2D eigenvalue weighted by molar-refractivity contribution is 0.464. The van der Waals surface area contributed by atoms with Crippen molar-refractivity contribution in [2.24, 2.45) is 0 Å². The van der Waals surface area contributed by atoms with Gasteiger partial charge in [0.15, 0.2) is 5.82 Å². The Morgan fingerprint density at radius 1 is 0.767 bits per heavy atom. The predicted octanol–water partition coefficient (Wildman–Crippen LogP) is 5.95. The van der Waals surface area contributed by atoms with Crippen LogP contribution in [-0.2, 0) is 6.42 Å². The Morgan fingerprint density at radius 3 is 2.10 bits per heavy atom. The van der Waals surface area contributed by atoms with E-state index in [2.05, 4.69) is 22.2 Å². The number of benzene rings is 3. The SMILES string of the molecule is CCc1ccc(Oc2ncnc(Nc3ccc(Oc4ccccc4)cc3)c2N)cc1. The van der Waals surface area contributed by atoms with Crippen LogP contribution in [0.5, 0.6) is 23.1 Å². The lowest BCUT2D eigenvalue weighted by atomic mass is 10.2. The van der Waals surface area contributed by atoms with Crippen LogP contribution in [0, 0.1) is 0 Å². The Morgan fingerprint density at radius 2 is 1.40 bits per heavy atom. The Balaban J connectivity index is 1.46. The molecule has 30 heavy (non-hydrogen) atoms. The van der Waals surface area contributed by atoms with E-state index in [0.29, 0.717) is 23.1 Å². The molecule has 0 atom stereocenters. The molecule has 0 aliphatic heterocycles. The largest absolute Gasteiger partial charge is 0.457 e. The molecule has 0 bridgehead atoms. The van der Waals surface area contributed by atoms with Crippen molar-refractivity contribution in [1.29, 1.82) is 0 Å². The highest BCUT2D eigenvalue weighted by Crippen LogP contribution is 2.31. The molecule has 0 unspecified atom stereocenters. The van der Waals surface area contributed by atoms with Crippen molar-refractivity contribution >= 4 is 17.2 Å². The monoisotopic (exact) mass is 398 g/mol. The highest BCUT2D eigenvalue weighted by atomic mass is 16.5. The highest BCUT2D eigenvalue weighted by molar-refractivity contribution is 5.72. The van der Waals surface area contributed by atoms with Crippen molar-refractivity contribution in [3.8, 4) is 23.1 Å². The molecule has 150 valence electrons. The number of nitrogens with zero attached hydrogens (tertiary/aromatic N) is 2. The fourth-order valence-corrected chi connectivity index (χ4v) is 2.83. The summed E-state index contributed by atoms with van der Waals surface area (Å²) in [4.78, 5) is 8.40. The van der Waals surface area contributed by atoms with Gasteiger partial charge in [-0.1, -0.05) is 37.3 Å². The van der Waals surface area contributed by atoms with Crippen molar-refractivity contribution in [3.63, 3.8) is 0 Å². The first-order chi connectivity index (χ1) is 14.7. The second-order valence-corrected chi connectivity index (χ2v) is 6.61. The molecular formula is C24H22N4O2. The molecule has 0 spiro atoms. The van der Waals surface area contributed by atoms with Gasteiger partial charge in [0.1, 0.15) is 29.3 Å². The zero-order valence-corrected chi connectivity index (χ0v) is 16.6. The second-order valence-electron chi connectivity index (χ2n) is 6.61. The van der Waals surface area contributed by atoms with Crippen LogP contribution in [0.2, 0.25) is 0 Å². The second kappa shape index (κ2) is 8.96. The van der Waals surface area contributed by atoms with E-state index < -0.39 is 0 Å². The van der Waals surface area contributed by atoms with Gasteiger partial charge in [-0.25, -0.2) is 4.98 Å². The van der Waals surface area contributed by atoms with Crippen molar-refractivity contribution in [3.05, 3.63) is 90.8 Å². The number of nitrogens with one attached hydrogen (secondary N) is 1. The quantitative estimate of drug-likeness (QED) is 0.400. The van der Waals surface area contributed by atoms with E-state index in [1.165, 1.54) is 11.9 Å². The average molecular weight is 398 g/mol. The fourth-order valence-electron chi connectivity index (χ4n) is 2.83. The minimum absolute atomic E-state index is 0.306. The molecule has 0 aliphatic rings. The third-order valence-corrected chi connectivity index (χ3v) is 4.49. The molecule has 0 aliphatic carbocycles. The Labute approximate surface area is 175 Å². The van der Waals surface area contributed by atoms with Crippen LogP contribution < -0.4 is 20.5 Å². The molecule has 6 heteroatoms. The van der Waals surface area contributed by atoms with Crippen LogP contribution >= 0.6 is 0 Å². The van der Waals surface area contributed by atoms with E-state index in [4.69, 9.17) is 15.2 Å². The third kappa shape index (κ3) is 4.67. The first-order valence-corrected chi connectivity index (χ1v) is 9.68. The number of para-hydroxylation sites is 1. The minimum Gasteiger partial charge on any atom is -0.457 e. The molecule has 6 nitrogen and oxygen atoms in total. The number of hydrogen-bond donors (Lipinski definition) is 2. The number of nitrogens with two attached hydrogens (primary N) is 1. The van der Waals surface area contributed by atoms with Crippen LogP contribution in [0.25, 0.3) is 0 Å². The molecule has 4 rings (SSSR count). The maximum atomic E-state index is 6.23. The van der Waals surface area contributed by atoms with E-state index in [1.807, 2.05) is 78.9 Å². The molecule has 0 radical (unpaired) electrons. The number of hydrogen-bond acceptors (Lipinski definition) is 6. The zero-order chi connectivity index (χ0) is 20.8. The number of aromatic nitrogens is 2. The standard InChI is InChI=1S/C24H22N4O2/c1-2-17-8-12-21(13-9-17)30-24-22(25)23(26-16-27-24)28-18-10-14-20(15-11-18)29-19-6-4-3-5-7-19/h3-16H,2,25H2,1H3,(H,26,27,28). The van der Waals surface area contributed by atoms with Gasteiger partial charge in [-0.15, -0.1) is 0 Å². The van der Waals surface area contributed by atoms with Gasteiger partial charge in [-0.05, 0) is 60.5 Å². The van der Waals surface area contributed by atoms with Crippen molar-refractivity contribution in [2.45, 2.75) is 13.3 Å². The topological polar surface area (TPSA) is 82.3 Å². The summed E-state index contributed by atoms with van der Waals surface area (Å²) in [5, 5.41) is 3.20. The molecule has 0 fully saturated rings. The van der Waals surface area contributed by atoms with Gasteiger partial charge in [-0.3, -0.25) is 0 Å². The zero-order valence-electron chi connectivity index (χ0n) is 16.6. The molecule has 3 N–H and O–H groups in total. The molecule has 4 aromatic rings. The van der Waals surface area contributed by atoms with E-state index in [1.54, 1.807) is 0 Å². The van der Waals surface area contributed by atoms with Crippen LogP contribution in [0.3, 0.4) is 0 Å². The lowest BCUT2D eigenvalue weighted by Gasteiger charge is -2.12. The summed E-state index contributed by atoms with van der Waals surface area (Å²) < 4.78 is 11.6. The number of ether oxygens (including phenoxy) is 2. The maximum absolute atomic E-state index is 6.23. The lowest BCUT2D eigenvalue weighted by Crippen LogP contribution is -2.03. The van der Waals surface area contributed by atoms with Crippen molar-refractivity contribution in [2.75, 3.05) is 11.1 Å². The van der Waals surface area contributed by atoms with E-state index in [-0.39, 0.29) is 0 Å². The third-order valence-electron chi connectivity index (χ3n) is 4.49. The summed E-state index contributed by atoms with van der Waals surface area (Å²) in [5.41, 5.74) is 8.62. The summed E-state index contributed by atoms with van der Waals surface area (Å²) in [6.45, 7) is 2.11. The molecule has 1 aromatic heterocycles. The summed E-state index contributed by atoms with van der Waals surface area (Å²) in [7, 11) is 0. The van der Waals surface area contributed by atoms with Gasteiger partial charge >= 0.3 is 0 Å². The van der Waals surface area contributed by atoms with Crippen LogP contribution in [0.4, 0.5) is 17.2 Å². The van der Waals surface area contributed by atoms with Gasteiger partial charge in [0.05, 0.1) is 0 Å². The molecule has 1 heterocycles. The first-order valence-electron chi connectivity index (χ1n) is 9.68. The fraction of sp³-hybridized carbons (Fsp3) is 0.0833. The van der Waals surface area contributed by atoms with Gasteiger partial charge < -0.3 is 20.5 Å². The number of nitrogen functional groups attached to an aromatic ring is 1. The molecular weight excluding hydrogens is 376 g/mol. The molecule has 3 aromatic carbocycles. The van der Waals surface area contributed by atoms with Crippen molar-refractivity contribution in [1.82, 2.24) is 9.97 Å². The van der Waals surface area contributed by atoms with Gasteiger partial charge in [0.2, 0.25) is 5.88 Å². The Kier molecular flexibility index (Phi) is 5.75. The Bertz CT molecular complexity index is 1100. The minimum atomic E-state index is 0.306. The summed E-state index contributed by atoms with van der Waals surface area (Å²) in [6, 6.07) is 25.0.